The fourth-order valence-corrected chi connectivity index (χ4v) is 1.97. The maximum absolute atomic E-state index is 5.90. The molecule has 0 bridgehead atoms. The number of halogens is 1. The van der Waals surface area contributed by atoms with Crippen LogP contribution in [-0.2, 0) is 17.7 Å². The molecule has 0 aliphatic carbocycles. The predicted molar refractivity (Wildman–Crippen MR) is 78.9 cm³/mol. The van der Waals surface area contributed by atoms with Crippen molar-refractivity contribution in [1.29, 1.82) is 0 Å². The topological polar surface area (TPSA) is 131 Å². The molecule has 8 nitrogen and oxygen atoms in total. The van der Waals surface area contributed by atoms with E-state index in [0.717, 1.165) is 10.9 Å². The summed E-state index contributed by atoms with van der Waals surface area (Å²) in [6, 6.07) is 1.83. The third-order valence-corrected chi connectivity index (χ3v) is 3.00. The first-order valence-corrected chi connectivity index (χ1v) is 6.83. The Kier molecular flexibility index (Phi) is 7.06. The Morgan fingerprint density at radius 3 is 2.95 bits per heavy atom. The van der Waals surface area contributed by atoms with Crippen LogP contribution in [0, 0.1) is 0 Å². The van der Waals surface area contributed by atoms with Crippen LogP contribution in [0.15, 0.2) is 30.8 Å². The smallest absolute Gasteiger partial charge is 0.172 e. The minimum Gasteiger partial charge on any atom is -0.466 e. The summed E-state index contributed by atoms with van der Waals surface area (Å²) in [4.78, 5) is 4.23. The molecule has 2 rings (SSSR count). The number of hydrogen-bond acceptors (Lipinski definition) is 6. The molecule has 4 N–H and O–H groups in total. The maximum atomic E-state index is 5.90. The van der Waals surface area contributed by atoms with Crippen LogP contribution in [0.3, 0.4) is 0 Å². The number of ether oxygens (including phenoxy) is 1. The van der Waals surface area contributed by atoms with Gasteiger partial charge < -0.3 is 20.4 Å². The van der Waals surface area contributed by atoms with Gasteiger partial charge in [0, 0.05) is 13.7 Å². The van der Waals surface area contributed by atoms with E-state index in [4.69, 9.17) is 19.5 Å². The van der Waals surface area contributed by atoms with E-state index in [1.165, 1.54) is 0 Å². The number of nitrogens with two attached hydrogens (primary N) is 1. The lowest BCUT2D eigenvalue weighted by molar-refractivity contribution is 0.194. The van der Waals surface area contributed by atoms with Crippen LogP contribution in [0.5, 0.6) is 0 Å². The summed E-state index contributed by atoms with van der Waals surface area (Å²) in [5.41, 5.74) is 7.06. The van der Waals surface area contributed by atoms with Gasteiger partial charge in [-0.3, -0.25) is 4.99 Å². The fraction of sp³-hybridized carbons (Fsp3) is 0.417. The summed E-state index contributed by atoms with van der Waals surface area (Å²) in [6.07, 6.45) is 3.08. The average Bonchev–Trinajstić information content (AvgIpc) is 3.05. The third kappa shape index (κ3) is 4.96. The van der Waals surface area contributed by atoms with Gasteiger partial charge in [-0.25, -0.2) is 4.63 Å². The Morgan fingerprint density at radius 2 is 2.29 bits per heavy atom. The van der Waals surface area contributed by atoms with Crippen LogP contribution < -0.4 is 5.73 Å². The highest BCUT2D eigenvalue weighted by Gasteiger charge is 2.13. The van der Waals surface area contributed by atoms with Crippen molar-refractivity contribution in [2.75, 3.05) is 13.7 Å². The lowest BCUT2D eigenvalue weighted by atomic mass is 10.2. The quantitative estimate of drug-likeness (QED) is 0.446. The third-order valence-electron chi connectivity index (χ3n) is 2.59. The molecular weight excluding hydrogens is 344 g/mol. The Morgan fingerprint density at radius 1 is 1.48 bits per heavy atom. The summed E-state index contributed by atoms with van der Waals surface area (Å²) in [5.74, 6) is 0.989. The Balaban J connectivity index is 0.00000220. The van der Waals surface area contributed by atoms with Crippen LogP contribution in [-0.4, -0.2) is 35.3 Å². The van der Waals surface area contributed by atoms with Crippen LogP contribution in [0.1, 0.15) is 23.6 Å². The first-order chi connectivity index (χ1) is 9.70. The van der Waals surface area contributed by atoms with Gasteiger partial charge in [0.25, 0.3) is 0 Å². The average molecular weight is 361 g/mol. The molecule has 116 valence electrons. The van der Waals surface area contributed by atoms with E-state index < -0.39 is 0 Å². The Bertz CT molecular complexity index is 581. The highest BCUT2D eigenvalue weighted by Crippen LogP contribution is 2.15. The largest absolute Gasteiger partial charge is 0.466 e. The van der Waals surface area contributed by atoms with Crippen molar-refractivity contribution in [3.05, 3.63) is 34.0 Å². The number of rotatable bonds is 7. The lowest BCUT2D eigenvalue weighted by Crippen LogP contribution is -2.16. The van der Waals surface area contributed by atoms with Crippen molar-refractivity contribution in [2.24, 2.45) is 10.7 Å². The first-order valence-electron chi connectivity index (χ1n) is 6.04. The highest BCUT2D eigenvalue weighted by molar-refractivity contribution is 9.10. The number of aromatic nitrogens is 2. The first kappa shape index (κ1) is 17.3. The van der Waals surface area contributed by atoms with Crippen molar-refractivity contribution in [3.8, 4) is 0 Å². The molecule has 0 spiro atoms. The number of aliphatic imine (C=N–C) groups is 1. The van der Waals surface area contributed by atoms with E-state index in [1.807, 2.05) is 6.07 Å². The summed E-state index contributed by atoms with van der Waals surface area (Å²) in [6.45, 7) is 0.978. The molecule has 9 heteroatoms. The number of hydrogen-bond donors (Lipinski definition) is 1. The standard InChI is InChI=1S/C12H15BrN4O3.H2O/c1-18-4-2-3-10-11(17-20-16-10)12(14)15-6-9-5-8(13)7-19-9;/h5,7H,2-4,6H2,1H3,(H2,14,15);1H2. The molecule has 0 amide bonds. The predicted octanol–water partition coefficient (Wildman–Crippen LogP) is 1.08. The normalized spacial score (nSPS) is 11.4. The zero-order valence-corrected chi connectivity index (χ0v) is 13.1. The molecule has 0 aliphatic heterocycles. The second kappa shape index (κ2) is 8.55. The van der Waals surface area contributed by atoms with Crippen LogP contribution in [0.4, 0.5) is 0 Å². The SMILES string of the molecule is COCCCc1nonc1C(N)=NCc1cc(Br)co1.O. The van der Waals surface area contributed by atoms with Crippen molar-refractivity contribution in [1.82, 2.24) is 10.3 Å². The minimum absolute atomic E-state index is 0. The molecule has 21 heavy (non-hydrogen) atoms. The highest BCUT2D eigenvalue weighted by atomic mass is 79.9. The van der Waals surface area contributed by atoms with Gasteiger partial charge in [-0.1, -0.05) is 5.16 Å². The van der Waals surface area contributed by atoms with E-state index in [9.17, 15) is 0 Å². The monoisotopic (exact) mass is 360 g/mol. The van der Waals surface area contributed by atoms with Crippen molar-refractivity contribution in [2.45, 2.75) is 19.4 Å². The molecule has 0 unspecified atom stereocenters. The second-order valence-corrected chi connectivity index (χ2v) is 5.00. The summed E-state index contributed by atoms with van der Waals surface area (Å²) >= 11 is 3.30. The molecule has 0 saturated heterocycles. The van der Waals surface area contributed by atoms with Gasteiger partial charge in [0.15, 0.2) is 11.5 Å². The van der Waals surface area contributed by atoms with Crippen LogP contribution in [0.25, 0.3) is 0 Å². The summed E-state index contributed by atoms with van der Waals surface area (Å²) < 4.78 is 15.8. The minimum atomic E-state index is 0. The van der Waals surface area contributed by atoms with E-state index in [1.54, 1.807) is 13.4 Å². The number of methoxy groups -OCH3 is 1. The maximum Gasteiger partial charge on any atom is 0.172 e. The van der Waals surface area contributed by atoms with Gasteiger partial charge in [-0.05, 0) is 40.0 Å². The number of aryl methyl sites for hydroxylation is 1. The van der Waals surface area contributed by atoms with Crippen molar-refractivity contribution < 1.29 is 19.3 Å². The van der Waals surface area contributed by atoms with Crippen LogP contribution in [0.2, 0.25) is 0 Å². The molecule has 0 fully saturated rings. The summed E-state index contributed by atoms with van der Waals surface area (Å²) in [5, 5.41) is 7.62. The van der Waals surface area contributed by atoms with Crippen molar-refractivity contribution in [3.63, 3.8) is 0 Å². The fourth-order valence-electron chi connectivity index (χ4n) is 1.62. The molecule has 2 aromatic heterocycles. The Labute approximate surface area is 129 Å². The van der Waals surface area contributed by atoms with E-state index in [-0.39, 0.29) is 11.3 Å². The zero-order valence-electron chi connectivity index (χ0n) is 11.5. The number of amidine groups is 1. The lowest BCUT2D eigenvalue weighted by Gasteiger charge is -1.99. The molecule has 0 atom stereocenters. The summed E-state index contributed by atoms with van der Waals surface area (Å²) in [7, 11) is 1.65. The van der Waals surface area contributed by atoms with Gasteiger partial charge in [-0.2, -0.15) is 0 Å². The molecule has 0 radical (unpaired) electrons. The molecular formula is C12H17BrN4O4. The van der Waals surface area contributed by atoms with Crippen LogP contribution >= 0.6 is 15.9 Å². The van der Waals surface area contributed by atoms with Gasteiger partial charge in [0.1, 0.15) is 17.7 Å². The zero-order chi connectivity index (χ0) is 14.4. The number of furan rings is 1. The molecule has 0 saturated carbocycles. The molecule has 2 aromatic rings. The van der Waals surface area contributed by atoms with Crippen molar-refractivity contribution >= 4 is 21.8 Å². The van der Waals surface area contributed by atoms with Gasteiger partial charge in [0.2, 0.25) is 0 Å². The van der Waals surface area contributed by atoms with E-state index in [2.05, 4.69) is 31.2 Å². The van der Waals surface area contributed by atoms with E-state index in [0.29, 0.717) is 36.7 Å². The molecule has 0 aromatic carbocycles. The van der Waals surface area contributed by atoms with E-state index >= 15 is 0 Å². The Hall–Kier alpha value is -1.71. The second-order valence-electron chi connectivity index (χ2n) is 4.09. The van der Waals surface area contributed by atoms with Gasteiger partial charge in [-0.15, -0.1) is 0 Å². The van der Waals surface area contributed by atoms with Gasteiger partial charge >= 0.3 is 0 Å². The number of nitrogens with zero attached hydrogens (tertiary/aromatic N) is 3. The molecule has 2 heterocycles. The van der Waals surface area contributed by atoms with Gasteiger partial charge in [0.05, 0.1) is 11.0 Å². The molecule has 0 aliphatic rings.